The molecule has 0 aromatic carbocycles. The van der Waals surface area contributed by atoms with Crippen molar-refractivity contribution in [3.63, 3.8) is 0 Å². The first-order valence-corrected chi connectivity index (χ1v) is 7.40. The second kappa shape index (κ2) is 4.56. The number of carbonyl (C=O) groups is 1. The molecule has 1 fully saturated rings. The van der Waals surface area contributed by atoms with Gasteiger partial charge < -0.3 is 9.67 Å². The molecule has 0 amide bonds. The second-order valence-electron chi connectivity index (χ2n) is 4.75. The molecule has 19 heavy (non-hydrogen) atoms. The fourth-order valence-corrected chi connectivity index (χ4v) is 3.06. The molecule has 3 rings (SSSR count). The number of carboxylic acid groups (broad SMARTS) is 1. The SMILES string of the molecule is CCn1nc(C)c2nc(SCC(=O)O)n(C3CC3)c21. The normalized spacial score (nSPS) is 15.3. The predicted octanol–water partition coefficient (Wildman–Crippen LogP) is 2.07. The highest BCUT2D eigenvalue weighted by molar-refractivity contribution is 7.99. The minimum atomic E-state index is -0.812. The molecule has 0 atom stereocenters. The van der Waals surface area contributed by atoms with Crippen LogP contribution in [0.25, 0.3) is 11.2 Å². The summed E-state index contributed by atoms with van der Waals surface area (Å²) in [6.45, 7) is 4.80. The van der Waals surface area contributed by atoms with Crippen LogP contribution < -0.4 is 0 Å². The Morgan fingerprint density at radius 2 is 2.26 bits per heavy atom. The maximum Gasteiger partial charge on any atom is 0.313 e. The van der Waals surface area contributed by atoms with Gasteiger partial charge >= 0.3 is 5.97 Å². The Morgan fingerprint density at radius 3 is 2.84 bits per heavy atom. The molecule has 0 spiro atoms. The van der Waals surface area contributed by atoms with Crippen LogP contribution in [0, 0.1) is 6.92 Å². The second-order valence-corrected chi connectivity index (χ2v) is 5.69. The van der Waals surface area contributed by atoms with Crippen LogP contribution in [-0.2, 0) is 11.3 Å². The maximum atomic E-state index is 10.7. The van der Waals surface area contributed by atoms with Crippen molar-refractivity contribution in [2.45, 2.75) is 44.4 Å². The number of rotatable bonds is 5. The summed E-state index contributed by atoms with van der Waals surface area (Å²) < 4.78 is 4.13. The van der Waals surface area contributed by atoms with E-state index in [0.717, 1.165) is 41.4 Å². The molecule has 0 unspecified atom stereocenters. The van der Waals surface area contributed by atoms with Crippen LogP contribution in [0.15, 0.2) is 5.16 Å². The van der Waals surface area contributed by atoms with E-state index in [0.29, 0.717) is 6.04 Å². The summed E-state index contributed by atoms with van der Waals surface area (Å²) >= 11 is 1.29. The van der Waals surface area contributed by atoms with E-state index < -0.39 is 5.97 Å². The number of aryl methyl sites for hydroxylation is 2. The third-order valence-corrected chi connectivity index (χ3v) is 4.19. The minimum absolute atomic E-state index is 0.0466. The van der Waals surface area contributed by atoms with Crippen molar-refractivity contribution in [3.8, 4) is 0 Å². The van der Waals surface area contributed by atoms with Gasteiger partial charge in [0.05, 0.1) is 11.4 Å². The lowest BCUT2D eigenvalue weighted by atomic mass is 10.4. The lowest BCUT2D eigenvalue weighted by Crippen LogP contribution is -2.06. The first-order valence-electron chi connectivity index (χ1n) is 6.41. The van der Waals surface area contributed by atoms with Crippen molar-refractivity contribution in [1.82, 2.24) is 19.3 Å². The molecule has 2 heterocycles. The molecule has 0 radical (unpaired) electrons. The summed E-state index contributed by atoms with van der Waals surface area (Å²) in [7, 11) is 0. The zero-order valence-electron chi connectivity index (χ0n) is 11.0. The highest BCUT2D eigenvalue weighted by atomic mass is 32.2. The number of aliphatic carboxylic acids is 1. The van der Waals surface area contributed by atoms with Crippen LogP contribution in [0.3, 0.4) is 0 Å². The summed E-state index contributed by atoms with van der Waals surface area (Å²) in [5.74, 6) is -0.765. The largest absolute Gasteiger partial charge is 0.481 e. The molecule has 1 N–H and O–H groups in total. The van der Waals surface area contributed by atoms with Gasteiger partial charge in [-0.05, 0) is 26.7 Å². The highest BCUT2D eigenvalue weighted by Crippen LogP contribution is 2.41. The van der Waals surface area contributed by atoms with Gasteiger partial charge in [-0.15, -0.1) is 0 Å². The fraction of sp³-hybridized carbons (Fsp3) is 0.583. The average molecular weight is 280 g/mol. The molecule has 7 heteroatoms. The van der Waals surface area contributed by atoms with Gasteiger partial charge in [-0.2, -0.15) is 5.10 Å². The van der Waals surface area contributed by atoms with Crippen LogP contribution in [0.5, 0.6) is 0 Å². The van der Waals surface area contributed by atoms with Gasteiger partial charge in [0.2, 0.25) is 0 Å². The number of imidazole rings is 1. The Kier molecular flexibility index (Phi) is 3.00. The molecule has 2 aromatic rings. The smallest absolute Gasteiger partial charge is 0.313 e. The summed E-state index contributed by atoms with van der Waals surface area (Å²) in [4.78, 5) is 15.3. The zero-order valence-corrected chi connectivity index (χ0v) is 11.8. The van der Waals surface area contributed by atoms with Crippen molar-refractivity contribution >= 4 is 28.9 Å². The lowest BCUT2D eigenvalue weighted by molar-refractivity contribution is -0.133. The van der Waals surface area contributed by atoms with Gasteiger partial charge in [-0.3, -0.25) is 4.79 Å². The molecule has 1 aliphatic rings. The fourth-order valence-electron chi connectivity index (χ4n) is 2.28. The number of thioether (sulfide) groups is 1. The number of carboxylic acids is 1. The molecule has 2 aromatic heterocycles. The number of hydrogen-bond acceptors (Lipinski definition) is 4. The molecule has 6 nitrogen and oxygen atoms in total. The van der Waals surface area contributed by atoms with E-state index in [1.807, 2.05) is 11.6 Å². The van der Waals surface area contributed by atoms with Crippen LogP contribution >= 0.6 is 11.8 Å². The van der Waals surface area contributed by atoms with Crippen LogP contribution in [0.4, 0.5) is 0 Å². The maximum absolute atomic E-state index is 10.7. The van der Waals surface area contributed by atoms with Crippen molar-refractivity contribution < 1.29 is 9.90 Å². The van der Waals surface area contributed by atoms with E-state index in [-0.39, 0.29) is 5.75 Å². The Labute approximate surface area is 114 Å². The topological polar surface area (TPSA) is 72.9 Å². The van der Waals surface area contributed by atoms with Crippen LogP contribution in [0.1, 0.15) is 31.5 Å². The summed E-state index contributed by atoms with van der Waals surface area (Å²) in [6, 6.07) is 0.461. The number of aromatic nitrogens is 4. The van der Waals surface area contributed by atoms with Crippen molar-refractivity contribution in [3.05, 3.63) is 5.69 Å². The predicted molar refractivity (Wildman–Crippen MR) is 72.6 cm³/mol. The Hall–Kier alpha value is -1.50. The van der Waals surface area contributed by atoms with Crippen molar-refractivity contribution in [2.75, 3.05) is 5.75 Å². The van der Waals surface area contributed by atoms with Gasteiger partial charge in [-0.25, -0.2) is 9.67 Å². The Bertz CT molecular complexity index is 642. The van der Waals surface area contributed by atoms with E-state index in [1.165, 1.54) is 11.8 Å². The van der Waals surface area contributed by atoms with Gasteiger partial charge in [0.15, 0.2) is 10.8 Å². The Morgan fingerprint density at radius 1 is 1.53 bits per heavy atom. The summed E-state index contributed by atoms with van der Waals surface area (Å²) in [6.07, 6.45) is 2.28. The van der Waals surface area contributed by atoms with Gasteiger partial charge in [0, 0.05) is 12.6 Å². The number of fused-ring (bicyclic) bond motifs is 1. The molecular weight excluding hydrogens is 264 g/mol. The lowest BCUT2D eigenvalue weighted by Gasteiger charge is -2.07. The third-order valence-electron chi connectivity index (χ3n) is 3.25. The van der Waals surface area contributed by atoms with Gasteiger partial charge in [-0.1, -0.05) is 11.8 Å². The molecule has 1 saturated carbocycles. The van der Waals surface area contributed by atoms with Crippen LogP contribution in [0.2, 0.25) is 0 Å². The molecule has 102 valence electrons. The quantitative estimate of drug-likeness (QED) is 0.849. The van der Waals surface area contributed by atoms with Crippen LogP contribution in [-0.4, -0.2) is 36.2 Å². The van der Waals surface area contributed by atoms with E-state index >= 15 is 0 Å². The van der Waals surface area contributed by atoms with Gasteiger partial charge in [0.1, 0.15) is 5.52 Å². The van der Waals surface area contributed by atoms with Crippen molar-refractivity contribution in [2.24, 2.45) is 0 Å². The highest BCUT2D eigenvalue weighted by Gasteiger charge is 2.31. The zero-order chi connectivity index (χ0) is 13.6. The standard InChI is InChI=1S/C12H16N4O2S/c1-3-15-11-10(7(2)14-15)13-12(19-6-9(17)18)16(11)8-4-5-8/h8H,3-6H2,1-2H3,(H,17,18). The molecule has 1 aliphatic carbocycles. The van der Waals surface area contributed by atoms with E-state index in [1.54, 1.807) is 0 Å². The van der Waals surface area contributed by atoms with Crippen molar-refractivity contribution in [1.29, 1.82) is 0 Å². The summed E-state index contributed by atoms with van der Waals surface area (Å²) in [5, 5.41) is 14.1. The average Bonchev–Trinajstić information content (AvgIpc) is 3.06. The Balaban J connectivity index is 2.10. The first kappa shape index (κ1) is 12.5. The monoisotopic (exact) mass is 280 g/mol. The minimum Gasteiger partial charge on any atom is -0.481 e. The molecular formula is C12H16N4O2S. The molecule has 0 saturated heterocycles. The number of hydrogen-bond donors (Lipinski definition) is 1. The number of nitrogens with zero attached hydrogens (tertiary/aromatic N) is 4. The van der Waals surface area contributed by atoms with E-state index in [9.17, 15) is 4.79 Å². The van der Waals surface area contributed by atoms with Gasteiger partial charge in [0.25, 0.3) is 0 Å². The molecule has 0 bridgehead atoms. The molecule has 0 aliphatic heterocycles. The van der Waals surface area contributed by atoms with E-state index in [4.69, 9.17) is 5.11 Å². The summed E-state index contributed by atoms with van der Waals surface area (Å²) in [5.41, 5.74) is 2.85. The third kappa shape index (κ3) is 2.11. The first-order chi connectivity index (χ1) is 9.11. The van der Waals surface area contributed by atoms with E-state index in [2.05, 4.69) is 21.6 Å².